The largest absolute Gasteiger partial charge is 0.497 e. The van der Waals surface area contributed by atoms with Crippen LogP contribution in [0.5, 0.6) is 11.5 Å². The molecule has 1 aromatic carbocycles. The second-order valence-electron chi connectivity index (χ2n) is 5.97. The zero-order chi connectivity index (χ0) is 16.7. The van der Waals surface area contributed by atoms with Crippen LogP contribution in [-0.2, 0) is 4.79 Å². The Bertz CT molecular complexity index is 514. The van der Waals surface area contributed by atoms with E-state index < -0.39 is 0 Å². The van der Waals surface area contributed by atoms with Gasteiger partial charge >= 0.3 is 0 Å². The molecule has 1 amide bonds. The Morgan fingerprint density at radius 2 is 1.83 bits per heavy atom. The minimum absolute atomic E-state index is 0.0225. The third kappa shape index (κ3) is 5.11. The van der Waals surface area contributed by atoms with Gasteiger partial charge in [0.1, 0.15) is 37.7 Å². The van der Waals surface area contributed by atoms with Gasteiger partial charge in [-0.05, 0) is 19.1 Å². The first-order valence-electron chi connectivity index (χ1n) is 8.35. The first kappa shape index (κ1) is 17.6. The van der Waals surface area contributed by atoms with Gasteiger partial charge < -0.3 is 24.6 Å². The van der Waals surface area contributed by atoms with Crippen LogP contribution in [-0.4, -0.2) is 59.4 Å². The van der Waals surface area contributed by atoms with Crippen molar-refractivity contribution in [1.29, 1.82) is 0 Å². The van der Waals surface area contributed by atoms with Gasteiger partial charge in [0.25, 0.3) is 0 Å². The molecule has 0 bridgehead atoms. The lowest BCUT2D eigenvalue weighted by atomic mass is 10.2. The molecule has 0 aromatic heterocycles. The fourth-order valence-electron chi connectivity index (χ4n) is 2.98. The number of anilines is 1. The molecular weight excluding hydrogens is 294 g/mol. The first-order chi connectivity index (χ1) is 11.2. The molecular formula is C17H29N3O3+2. The zero-order valence-corrected chi connectivity index (χ0v) is 14.4. The summed E-state index contributed by atoms with van der Waals surface area (Å²) in [6, 6.07) is 5.40. The van der Waals surface area contributed by atoms with Crippen LogP contribution in [0.25, 0.3) is 0 Å². The third-order valence-corrected chi connectivity index (χ3v) is 4.55. The molecule has 0 atom stereocenters. The van der Waals surface area contributed by atoms with Crippen molar-refractivity contribution in [2.45, 2.75) is 13.3 Å². The average molecular weight is 323 g/mol. The van der Waals surface area contributed by atoms with Gasteiger partial charge in [-0.15, -0.1) is 0 Å². The van der Waals surface area contributed by atoms with E-state index in [1.165, 1.54) is 24.5 Å². The Morgan fingerprint density at radius 1 is 1.13 bits per heavy atom. The smallest absolute Gasteiger partial charge is 0.230 e. The van der Waals surface area contributed by atoms with E-state index >= 15 is 0 Å². The van der Waals surface area contributed by atoms with Gasteiger partial charge in [-0.3, -0.25) is 4.79 Å². The minimum Gasteiger partial charge on any atom is -0.497 e. The Hall–Kier alpha value is -1.79. The highest BCUT2D eigenvalue weighted by molar-refractivity contribution is 5.92. The van der Waals surface area contributed by atoms with Gasteiger partial charge in [0, 0.05) is 6.07 Å². The van der Waals surface area contributed by atoms with Crippen LogP contribution in [0.1, 0.15) is 13.3 Å². The number of amides is 1. The molecule has 0 spiro atoms. The summed E-state index contributed by atoms with van der Waals surface area (Å²) in [5, 5.41) is 2.93. The molecule has 1 aliphatic heterocycles. The number of quaternary nitrogens is 2. The lowest BCUT2D eigenvalue weighted by molar-refractivity contribution is -1.01. The van der Waals surface area contributed by atoms with Crippen molar-refractivity contribution in [2.24, 2.45) is 0 Å². The molecule has 128 valence electrons. The van der Waals surface area contributed by atoms with E-state index in [9.17, 15) is 4.79 Å². The van der Waals surface area contributed by atoms with E-state index in [0.29, 0.717) is 23.6 Å². The zero-order valence-electron chi connectivity index (χ0n) is 14.4. The number of nitrogens with one attached hydrogen (secondary N) is 3. The predicted molar refractivity (Wildman–Crippen MR) is 89.6 cm³/mol. The van der Waals surface area contributed by atoms with E-state index in [1.54, 1.807) is 31.3 Å². The standard InChI is InChI=1S/C17H27N3O3/c1-4-19-9-11-20(12-10-19)8-7-17(21)18-15-13-14(22-2)5-6-16(15)23-3/h5-6,13H,4,7-12H2,1-3H3,(H,18,21)/p+2. The van der Waals surface area contributed by atoms with Crippen molar-refractivity contribution < 1.29 is 24.1 Å². The summed E-state index contributed by atoms with van der Waals surface area (Å²) in [6.07, 6.45) is 0.525. The van der Waals surface area contributed by atoms with Crippen molar-refractivity contribution >= 4 is 11.6 Å². The number of hydrogen-bond donors (Lipinski definition) is 3. The minimum atomic E-state index is 0.0225. The monoisotopic (exact) mass is 323 g/mol. The normalized spacial score (nSPS) is 20.8. The first-order valence-corrected chi connectivity index (χ1v) is 8.35. The molecule has 6 nitrogen and oxygen atoms in total. The van der Waals surface area contributed by atoms with Gasteiger partial charge in [-0.25, -0.2) is 0 Å². The highest BCUT2D eigenvalue weighted by Crippen LogP contribution is 2.28. The van der Waals surface area contributed by atoms with E-state index in [2.05, 4.69) is 12.2 Å². The Kier molecular flexibility index (Phi) is 6.67. The number of piperazine rings is 1. The Morgan fingerprint density at radius 3 is 2.43 bits per heavy atom. The number of rotatable bonds is 7. The van der Waals surface area contributed by atoms with Crippen LogP contribution < -0.4 is 24.6 Å². The van der Waals surface area contributed by atoms with Gasteiger partial charge in [-0.2, -0.15) is 0 Å². The van der Waals surface area contributed by atoms with Crippen LogP contribution in [0, 0.1) is 0 Å². The van der Waals surface area contributed by atoms with Crippen molar-refractivity contribution in [1.82, 2.24) is 0 Å². The molecule has 0 unspecified atom stereocenters. The molecule has 1 heterocycles. The average Bonchev–Trinajstić information content (AvgIpc) is 2.60. The maximum atomic E-state index is 12.2. The fourth-order valence-corrected chi connectivity index (χ4v) is 2.98. The molecule has 0 radical (unpaired) electrons. The van der Waals surface area contributed by atoms with Crippen molar-refractivity contribution in [2.75, 3.05) is 58.8 Å². The SMILES string of the molecule is CC[NH+]1CC[NH+](CCC(=O)Nc2cc(OC)ccc2OC)CC1. The number of carbonyl (C=O) groups excluding carboxylic acids is 1. The molecule has 1 aromatic rings. The molecule has 1 aliphatic rings. The highest BCUT2D eigenvalue weighted by Gasteiger charge is 2.22. The molecule has 23 heavy (non-hydrogen) atoms. The van der Waals surface area contributed by atoms with Crippen LogP contribution in [0.4, 0.5) is 5.69 Å². The van der Waals surface area contributed by atoms with Gasteiger partial charge in [0.15, 0.2) is 0 Å². The van der Waals surface area contributed by atoms with Crippen molar-refractivity contribution in [3.05, 3.63) is 18.2 Å². The maximum Gasteiger partial charge on any atom is 0.230 e. The maximum absolute atomic E-state index is 12.2. The lowest BCUT2D eigenvalue weighted by Gasteiger charge is -2.28. The predicted octanol–water partition coefficient (Wildman–Crippen LogP) is -1.16. The topological polar surface area (TPSA) is 56.4 Å². The summed E-state index contributed by atoms with van der Waals surface area (Å²) >= 11 is 0. The van der Waals surface area contributed by atoms with E-state index in [-0.39, 0.29) is 5.91 Å². The van der Waals surface area contributed by atoms with E-state index in [4.69, 9.17) is 9.47 Å². The number of methoxy groups -OCH3 is 2. The number of carbonyl (C=O) groups is 1. The molecule has 1 fully saturated rings. The van der Waals surface area contributed by atoms with Crippen LogP contribution in [0.3, 0.4) is 0 Å². The van der Waals surface area contributed by atoms with Gasteiger partial charge in [0.05, 0.1) is 39.4 Å². The summed E-state index contributed by atoms with van der Waals surface area (Å²) in [7, 11) is 3.20. The van der Waals surface area contributed by atoms with E-state index in [1.807, 2.05) is 6.07 Å². The molecule has 0 saturated carbocycles. The summed E-state index contributed by atoms with van der Waals surface area (Å²) < 4.78 is 10.5. The molecule has 6 heteroatoms. The third-order valence-electron chi connectivity index (χ3n) is 4.55. The molecule has 2 rings (SSSR count). The number of benzene rings is 1. The van der Waals surface area contributed by atoms with Crippen molar-refractivity contribution in [3.63, 3.8) is 0 Å². The molecule has 3 N–H and O–H groups in total. The second-order valence-corrected chi connectivity index (χ2v) is 5.97. The fraction of sp³-hybridized carbons (Fsp3) is 0.588. The van der Waals surface area contributed by atoms with E-state index in [0.717, 1.165) is 19.6 Å². The summed E-state index contributed by atoms with van der Waals surface area (Å²) in [6.45, 7) is 9.03. The number of hydrogen-bond acceptors (Lipinski definition) is 3. The molecule has 0 aliphatic carbocycles. The van der Waals surface area contributed by atoms with Gasteiger partial charge in [-0.1, -0.05) is 0 Å². The second kappa shape index (κ2) is 8.74. The number of ether oxygens (including phenoxy) is 2. The summed E-state index contributed by atoms with van der Waals surface area (Å²) in [4.78, 5) is 15.4. The summed E-state index contributed by atoms with van der Waals surface area (Å²) in [5.74, 6) is 1.37. The van der Waals surface area contributed by atoms with Crippen LogP contribution in [0.2, 0.25) is 0 Å². The molecule has 1 saturated heterocycles. The summed E-state index contributed by atoms with van der Waals surface area (Å²) in [5.41, 5.74) is 0.659. The number of likely N-dealkylation sites (N-methyl/N-ethyl adjacent to an activating group) is 1. The van der Waals surface area contributed by atoms with Crippen LogP contribution in [0.15, 0.2) is 18.2 Å². The van der Waals surface area contributed by atoms with Crippen molar-refractivity contribution in [3.8, 4) is 11.5 Å². The Labute approximate surface area is 138 Å². The van der Waals surface area contributed by atoms with Crippen LogP contribution >= 0.6 is 0 Å². The van der Waals surface area contributed by atoms with Gasteiger partial charge in [0.2, 0.25) is 5.91 Å². The Balaban J connectivity index is 1.83. The highest BCUT2D eigenvalue weighted by atomic mass is 16.5. The lowest BCUT2D eigenvalue weighted by Crippen LogP contribution is -3.28. The quantitative estimate of drug-likeness (QED) is 0.593.